The maximum absolute atomic E-state index is 14.6. The van der Waals surface area contributed by atoms with E-state index in [4.69, 9.17) is 20.6 Å². The standard InChI is InChI=1S/C21H20F2N4O3/c1-11-17(22)20(29-14-6-4-5-13(10-14)27(2)3)26-21(18(11)23)30-16-9-12(19(24)25)7-8-15(16)28/h4-10,28H,1-3H3,(H3,24,25). The Kier molecular flexibility index (Phi) is 5.72. The number of nitrogens with one attached hydrogen (secondary N) is 1. The van der Waals surface area contributed by atoms with Crippen molar-refractivity contribution in [3.63, 3.8) is 0 Å². The molecule has 156 valence electrons. The second kappa shape index (κ2) is 8.24. The molecule has 0 radical (unpaired) electrons. The van der Waals surface area contributed by atoms with Gasteiger partial charge in [0.25, 0.3) is 11.8 Å². The molecule has 0 fully saturated rings. The van der Waals surface area contributed by atoms with Gasteiger partial charge in [-0.2, -0.15) is 4.98 Å². The number of pyridine rings is 1. The van der Waals surface area contributed by atoms with Crippen LogP contribution in [0.3, 0.4) is 0 Å². The largest absolute Gasteiger partial charge is 0.504 e. The lowest BCUT2D eigenvalue weighted by Gasteiger charge is -2.15. The number of rotatable bonds is 6. The Morgan fingerprint density at radius 3 is 2.37 bits per heavy atom. The molecule has 0 saturated heterocycles. The van der Waals surface area contributed by atoms with Gasteiger partial charge in [-0.15, -0.1) is 0 Å². The summed E-state index contributed by atoms with van der Waals surface area (Å²) in [6.45, 7) is 1.22. The average Bonchev–Trinajstić information content (AvgIpc) is 2.71. The quantitative estimate of drug-likeness (QED) is 0.410. The minimum absolute atomic E-state index is 0.194. The second-order valence-electron chi connectivity index (χ2n) is 6.67. The number of aromatic nitrogens is 1. The van der Waals surface area contributed by atoms with Crippen molar-refractivity contribution >= 4 is 11.5 Å². The average molecular weight is 414 g/mol. The van der Waals surface area contributed by atoms with Crippen LogP contribution in [-0.4, -0.2) is 30.0 Å². The number of nitrogens with two attached hydrogens (primary N) is 1. The minimum atomic E-state index is -1.05. The van der Waals surface area contributed by atoms with E-state index in [-0.39, 0.29) is 28.5 Å². The zero-order valence-corrected chi connectivity index (χ0v) is 16.5. The Hall–Kier alpha value is -3.88. The lowest BCUT2D eigenvalue weighted by atomic mass is 10.2. The molecule has 0 aliphatic carbocycles. The van der Waals surface area contributed by atoms with Crippen molar-refractivity contribution in [1.29, 1.82) is 5.41 Å². The number of amidine groups is 1. The first-order valence-electron chi connectivity index (χ1n) is 8.83. The molecule has 0 atom stereocenters. The van der Waals surface area contributed by atoms with Gasteiger partial charge in [-0.3, -0.25) is 5.41 Å². The fraction of sp³-hybridized carbons (Fsp3) is 0.143. The van der Waals surface area contributed by atoms with Crippen LogP contribution in [0.1, 0.15) is 11.1 Å². The van der Waals surface area contributed by atoms with Crippen molar-refractivity contribution in [1.82, 2.24) is 4.98 Å². The number of phenolic OH excluding ortho intramolecular Hbond substituents is 1. The number of benzene rings is 2. The predicted octanol–water partition coefficient (Wildman–Crippen LogP) is 4.31. The number of nitrogen functional groups attached to an aromatic ring is 1. The van der Waals surface area contributed by atoms with Crippen LogP contribution in [0.25, 0.3) is 0 Å². The Labute approximate surface area is 171 Å². The van der Waals surface area contributed by atoms with Gasteiger partial charge in [0.05, 0.1) is 0 Å². The molecule has 1 heterocycles. The number of aromatic hydroxyl groups is 1. The molecule has 0 bridgehead atoms. The fourth-order valence-corrected chi connectivity index (χ4v) is 2.55. The summed E-state index contributed by atoms with van der Waals surface area (Å²) in [5.74, 6) is -3.60. The fourth-order valence-electron chi connectivity index (χ4n) is 2.55. The summed E-state index contributed by atoms with van der Waals surface area (Å²) in [5, 5.41) is 17.5. The van der Waals surface area contributed by atoms with Crippen LogP contribution in [-0.2, 0) is 0 Å². The molecule has 0 aliphatic heterocycles. The van der Waals surface area contributed by atoms with Gasteiger partial charge >= 0.3 is 0 Å². The normalized spacial score (nSPS) is 10.6. The van der Waals surface area contributed by atoms with E-state index in [9.17, 15) is 13.9 Å². The zero-order chi connectivity index (χ0) is 22.0. The van der Waals surface area contributed by atoms with E-state index in [1.807, 2.05) is 25.1 Å². The van der Waals surface area contributed by atoms with Crippen LogP contribution in [0.5, 0.6) is 29.0 Å². The summed E-state index contributed by atoms with van der Waals surface area (Å²) in [6.07, 6.45) is 0. The van der Waals surface area contributed by atoms with Crippen molar-refractivity contribution in [3.8, 4) is 29.0 Å². The SMILES string of the molecule is Cc1c(F)c(Oc2cccc(N(C)C)c2)nc(Oc2cc(C(=N)N)ccc2O)c1F. The van der Waals surface area contributed by atoms with Crippen LogP contribution in [0.2, 0.25) is 0 Å². The van der Waals surface area contributed by atoms with E-state index in [0.29, 0.717) is 5.75 Å². The Balaban J connectivity index is 2.00. The number of nitrogens with zero attached hydrogens (tertiary/aromatic N) is 2. The van der Waals surface area contributed by atoms with E-state index < -0.39 is 23.4 Å². The molecule has 0 aliphatic rings. The second-order valence-corrected chi connectivity index (χ2v) is 6.67. The molecule has 4 N–H and O–H groups in total. The molecule has 7 nitrogen and oxygen atoms in total. The highest BCUT2D eigenvalue weighted by molar-refractivity contribution is 5.95. The molecule has 0 unspecified atom stereocenters. The number of anilines is 1. The first-order valence-corrected chi connectivity index (χ1v) is 8.83. The van der Waals surface area contributed by atoms with Crippen molar-refractivity contribution in [2.24, 2.45) is 5.73 Å². The van der Waals surface area contributed by atoms with Crippen molar-refractivity contribution in [2.45, 2.75) is 6.92 Å². The molecule has 0 saturated carbocycles. The maximum atomic E-state index is 14.6. The lowest BCUT2D eigenvalue weighted by molar-refractivity contribution is 0.358. The molecule has 3 aromatic rings. The Morgan fingerprint density at radius 2 is 1.73 bits per heavy atom. The number of halogens is 2. The summed E-state index contributed by atoms with van der Waals surface area (Å²) in [7, 11) is 3.68. The van der Waals surface area contributed by atoms with Crippen LogP contribution in [0.4, 0.5) is 14.5 Å². The third kappa shape index (κ3) is 4.24. The molecule has 2 aromatic carbocycles. The first kappa shape index (κ1) is 20.8. The van der Waals surface area contributed by atoms with E-state index in [1.54, 1.807) is 18.2 Å². The molecule has 0 spiro atoms. The summed E-state index contributed by atoms with van der Waals surface area (Å²) < 4.78 is 40.1. The highest BCUT2D eigenvalue weighted by Gasteiger charge is 2.22. The highest BCUT2D eigenvalue weighted by atomic mass is 19.1. The third-order valence-electron chi connectivity index (χ3n) is 4.26. The van der Waals surface area contributed by atoms with E-state index in [0.717, 1.165) is 5.69 Å². The van der Waals surface area contributed by atoms with E-state index in [2.05, 4.69) is 4.98 Å². The molecule has 9 heteroatoms. The summed E-state index contributed by atoms with van der Waals surface area (Å²) in [4.78, 5) is 5.65. The van der Waals surface area contributed by atoms with Gasteiger partial charge in [-0.1, -0.05) is 6.07 Å². The van der Waals surface area contributed by atoms with Gasteiger partial charge in [-0.25, -0.2) is 8.78 Å². The van der Waals surface area contributed by atoms with Gasteiger partial charge in [-0.05, 0) is 37.3 Å². The Bertz CT molecular complexity index is 1120. The van der Waals surface area contributed by atoms with E-state index in [1.165, 1.54) is 25.1 Å². The number of phenols is 1. The number of hydrogen-bond acceptors (Lipinski definition) is 6. The van der Waals surface area contributed by atoms with Crippen molar-refractivity contribution < 1.29 is 23.4 Å². The van der Waals surface area contributed by atoms with Gasteiger partial charge in [0.2, 0.25) is 0 Å². The van der Waals surface area contributed by atoms with Crippen molar-refractivity contribution in [2.75, 3.05) is 19.0 Å². The van der Waals surface area contributed by atoms with Crippen LogP contribution in [0.15, 0.2) is 42.5 Å². The number of ether oxygens (including phenoxy) is 2. The van der Waals surface area contributed by atoms with Gasteiger partial charge in [0.15, 0.2) is 23.1 Å². The summed E-state index contributed by atoms with van der Waals surface area (Å²) in [5.41, 5.74) is 6.13. The molecule has 3 rings (SSSR count). The maximum Gasteiger partial charge on any atom is 0.259 e. The highest BCUT2D eigenvalue weighted by Crippen LogP contribution is 2.36. The molecule has 0 amide bonds. The van der Waals surface area contributed by atoms with Crippen LogP contribution >= 0.6 is 0 Å². The molecule has 30 heavy (non-hydrogen) atoms. The number of hydrogen-bond donors (Lipinski definition) is 3. The summed E-state index contributed by atoms with van der Waals surface area (Å²) >= 11 is 0. The lowest BCUT2D eigenvalue weighted by Crippen LogP contribution is -2.11. The van der Waals surface area contributed by atoms with E-state index >= 15 is 0 Å². The third-order valence-corrected chi connectivity index (χ3v) is 4.26. The smallest absolute Gasteiger partial charge is 0.259 e. The predicted molar refractivity (Wildman–Crippen MR) is 109 cm³/mol. The van der Waals surface area contributed by atoms with Crippen LogP contribution < -0.4 is 20.1 Å². The summed E-state index contributed by atoms with van der Waals surface area (Å²) in [6, 6.07) is 10.7. The van der Waals surface area contributed by atoms with Crippen LogP contribution in [0, 0.1) is 24.0 Å². The first-order chi connectivity index (χ1) is 14.2. The van der Waals surface area contributed by atoms with Gasteiger partial charge in [0.1, 0.15) is 11.6 Å². The molecular weight excluding hydrogens is 394 g/mol. The van der Waals surface area contributed by atoms with Crippen molar-refractivity contribution in [3.05, 3.63) is 65.2 Å². The monoisotopic (exact) mass is 414 g/mol. The Morgan fingerprint density at radius 1 is 1.07 bits per heavy atom. The molecular formula is C21H20F2N4O3. The molecule has 1 aromatic heterocycles. The topological polar surface area (TPSA) is 105 Å². The van der Waals surface area contributed by atoms with Gasteiger partial charge < -0.3 is 25.2 Å². The zero-order valence-electron chi connectivity index (χ0n) is 16.5. The van der Waals surface area contributed by atoms with Gasteiger partial charge in [0, 0.05) is 37.0 Å². The minimum Gasteiger partial charge on any atom is -0.504 e.